The summed E-state index contributed by atoms with van der Waals surface area (Å²) >= 11 is 0. The Labute approximate surface area is 141 Å². The van der Waals surface area contributed by atoms with Gasteiger partial charge in [-0.05, 0) is 42.6 Å². The van der Waals surface area contributed by atoms with E-state index in [2.05, 4.69) is 19.2 Å². The molecule has 2 N–H and O–H groups in total. The molecule has 0 radical (unpaired) electrons. The van der Waals surface area contributed by atoms with Crippen molar-refractivity contribution in [3.05, 3.63) is 34.6 Å². The molecule has 0 aromatic rings. The molecule has 2 amide bonds. The molecule has 1 aliphatic heterocycles. The summed E-state index contributed by atoms with van der Waals surface area (Å²) in [6.45, 7) is 6.06. The van der Waals surface area contributed by atoms with Crippen LogP contribution in [0.4, 0.5) is 4.79 Å². The molecule has 0 fully saturated rings. The summed E-state index contributed by atoms with van der Waals surface area (Å²) in [5, 5.41) is 12.8. The normalized spacial score (nSPS) is 35.2. The van der Waals surface area contributed by atoms with E-state index in [-0.39, 0.29) is 17.2 Å². The number of amides is 2. The number of nitrogens with one attached hydrogen (secondary N) is 1. The SMILES string of the molecule is CNC(=O)OC1C[C@]2(C)C(=CC1O)C=C1C(=C(C)C(=O)N1C)[C@H]2C. The lowest BCUT2D eigenvalue weighted by Gasteiger charge is -2.47. The zero-order valence-corrected chi connectivity index (χ0v) is 14.7. The van der Waals surface area contributed by atoms with E-state index in [1.807, 2.05) is 13.0 Å². The Morgan fingerprint density at radius 2 is 2.17 bits per heavy atom. The monoisotopic (exact) mass is 332 g/mol. The fourth-order valence-electron chi connectivity index (χ4n) is 4.12. The maximum absolute atomic E-state index is 12.3. The Morgan fingerprint density at radius 3 is 2.79 bits per heavy atom. The van der Waals surface area contributed by atoms with Crippen molar-refractivity contribution in [3.8, 4) is 0 Å². The van der Waals surface area contributed by atoms with Gasteiger partial charge in [0, 0.05) is 30.8 Å². The number of alkyl carbamates (subject to hydrolysis) is 1. The van der Waals surface area contributed by atoms with Crippen LogP contribution >= 0.6 is 0 Å². The quantitative estimate of drug-likeness (QED) is 0.766. The number of aliphatic hydroxyl groups is 1. The highest BCUT2D eigenvalue weighted by atomic mass is 16.6. The van der Waals surface area contributed by atoms with Gasteiger partial charge in [-0.3, -0.25) is 4.79 Å². The van der Waals surface area contributed by atoms with Crippen molar-refractivity contribution >= 4 is 12.0 Å². The number of carbonyl (C=O) groups is 2. The van der Waals surface area contributed by atoms with Crippen molar-refractivity contribution in [1.29, 1.82) is 0 Å². The average molecular weight is 332 g/mol. The number of nitrogens with zero attached hydrogens (tertiary/aromatic N) is 1. The first-order valence-corrected chi connectivity index (χ1v) is 8.20. The van der Waals surface area contributed by atoms with Crippen molar-refractivity contribution in [3.63, 3.8) is 0 Å². The largest absolute Gasteiger partial charge is 0.443 e. The topological polar surface area (TPSA) is 78.9 Å². The highest BCUT2D eigenvalue weighted by Gasteiger charge is 2.50. The molecule has 2 unspecified atom stereocenters. The van der Waals surface area contributed by atoms with Crippen LogP contribution in [0.3, 0.4) is 0 Å². The number of ether oxygens (including phenoxy) is 1. The van der Waals surface area contributed by atoms with E-state index in [0.717, 1.165) is 22.4 Å². The molecular formula is C18H24N2O4. The van der Waals surface area contributed by atoms with Crippen molar-refractivity contribution in [2.24, 2.45) is 11.3 Å². The Bertz CT molecular complexity index is 706. The molecule has 0 spiro atoms. The van der Waals surface area contributed by atoms with Crippen LogP contribution in [0.2, 0.25) is 0 Å². The zero-order chi connectivity index (χ0) is 17.8. The second kappa shape index (κ2) is 5.48. The molecule has 130 valence electrons. The number of fused-ring (bicyclic) bond motifs is 2. The summed E-state index contributed by atoms with van der Waals surface area (Å²) in [5.74, 6) is 0.102. The van der Waals surface area contributed by atoms with Gasteiger partial charge in [-0.1, -0.05) is 13.8 Å². The minimum Gasteiger partial charge on any atom is -0.443 e. The fraction of sp³-hybridized carbons (Fsp3) is 0.556. The van der Waals surface area contributed by atoms with Gasteiger partial charge in [-0.2, -0.15) is 0 Å². The Hall–Kier alpha value is -2.08. The van der Waals surface area contributed by atoms with Crippen molar-refractivity contribution in [2.75, 3.05) is 14.1 Å². The standard InChI is InChI=1S/C18H24N2O4/c1-9-15-10(2)18(3)8-14(24-17(23)19-4)13(21)7-11(18)6-12(15)20(5)16(9)22/h6-7,10,13-14,21H,8H2,1-5H3,(H,19,23)/t10-,13?,14?,18+/m1/s1. The third-order valence-electron chi connectivity index (χ3n) is 5.83. The maximum atomic E-state index is 12.3. The van der Waals surface area contributed by atoms with Crippen LogP contribution in [0.1, 0.15) is 27.2 Å². The molecule has 2 aliphatic carbocycles. The van der Waals surface area contributed by atoms with Gasteiger partial charge in [0.2, 0.25) is 0 Å². The third-order valence-corrected chi connectivity index (χ3v) is 5.83. The number of rotatable bonds is 1. The first kappa shape index (κ1) is 16.8. The van der Waals surface area contributed by atoms with Crippen LogP contribution in [0.5, 0.6) is 0 Å². The molecule has 0 aromatic carbocycles. The molecule has 3 rings (SSSR count). The summed E-state index contributed by atoms with van der Waals surface area (Å²) in [4.78, 5) is 25.5. The van der Waals surface area contributed by atoms with Gasteiger partial charge in [0.25, 0.3) is 5.91 Å². The van der Waals surface area contributed by atoms with Crippen LogP contribution in [-0.4, -0.2) is 48.3 Å². The lowest BCUT2D eigenvalue weighted by atomic mass is 9.59. The number of carbonyl (C=O) groups excluding carboxylic acids is 2. The van der Waals surface area contributed by atoms with Crippen LogP contribution in [0.25, 0.3) is 0 Å². The molecule has 0 bridgehead atoms. The molecule has 4 atom stereocenters. The smallest absolute Gasteiger partial charge is 0.407 e. The van der Waals surface area contributed by atoms with Crippen molar-refractivity contribution < 1.29 is 19.4 Å². The number of allylic oxidation sites excluding steroid dienone is 3. The van der Waals surface area contributed by atoms with Gasteiger partial charge in [0.15, 0.2) is 0 Å². The molecule has 1 heterocycles. The molecule has 24 heavy (non-hydrogen) atoms. The highest BCUT2D eigenvalue weighted by molar-refractivity contribution is 6.00. The zero-order valence-electron chi connectivity index (χ0n) is 14.7. The van der Waals surface area contributed by atoms with Gasteiger partial charge in [-0.25, -0.2) is 4.79 Å². The van der Waals surface area contributed by atoms with Crippen molar-refractivity contribution in [2.45, 2.75) is 39.4 Å². The lowest BCUT2D eigenvalue weighted by molar-refractivity contribution is -0.123. The van der Waals surface area contributed by atoms with E-state index >= 15 is 0 Å². The van der Waals surface area contributed by atoms with Crippen molar-refractivity contribution in [1.82, 2.24) is 10.2 Å². The minimum atomic E-state index is -0.858. The van der Waals surface area contributed by atoms with E-state index in [9.17, 15) is 14.7 Å². The Kier molecular flexibility index (Phi) is 3.83. The van der Waals surface area contributed by atoms with E-state index in [4.69, 9.17) is 4.74 Å². The summed E-state index contributed by atoms with van der Waals surface area (Å²) < 4.78 is 5.34. The van der Waals surface area contributed by atoms with Gasteiger partial charge in [0.1, 0.15) is 12.2 Å². The first-order valence-electron chi connectivity index (χ1n) is 8.20. The van der Waals surface area contributed by atoms with E-state index in [1.165, 1.54) is 7.05 Å². The number of hydrogen-bond donors (Lipinski definition) is 2. The Balaban J connectivity index is 2.05. The minimum absolute atomic E-state index is 0.0182. The van der Waals surface area contributed by atoms with Gasteiger partial charge >= 0.3 is 6.09 Å². The van der Waals surface area contributed by atoms with Gasteiger partial charge in [-0.15, -0.1) is 0 Å². The Morgan fingerprint density at radius 1 is 1.50 bits per heavy atom. The lowest BCUT2D eigenvalue weighted by Crippen LogP contribution is -2.46. The van der Waals surface area contributed by atoms with E-state index in [0.29, 0.717) is 6.42 Å². The van der Waals surface area contributed by atoms with Crippen LogP contribution in [0, 0.1) is 11.3 Å². The first-order chi connectivity index (χ1) is 11.2. The molecule has 0 saturated carbocycles. The summed E-state index contributed by atoms with van der Waals surface area (Å²) in [7, 11) is 3.27. The summed E-state index contributed by atoms with van der Waals surface area (Å²) in [5.41, 5.74) is 3.42. The molecule has 3 aliphatic rings. The molecule has 0 aromatic heterocycles. The number of hydrogen-bond acceptors (Lipinski definition) is 4. The second-order valence-electron chi connectivity index (χ2n) is 7.08. The van der Waals surface area contributed by atoms with E-state index in [1.54, 1.807) is 18.0 Å². The fourth-order valence-corrected chi connectivity index (χ4v) is 4.12. The van der Waals surface area contributed by atoms with Crippen LogP contribution < -0.4 is 5.32 Å². The predicted molar refractivity (Wildman–Crippen MR) is 88.9 cm³/mol. The predicted octanol–water partition coefficient (Wildman–Crippen LogP) is 1.73. The van der Waals surface area contributed by atoms with Gasteiger partial charge in [0.05, 0.1) is 0 Å². The molecule has 6 heteroatoms. The van der Waals surface area contributed by atoms with Crippen LogP contribution in [-0.2, 0) is 9.53 Å². The van der Waals surface area contributed by atoms with Gasteiger partial charge < -0.3 is 20.1 Å². The average Bonchev–Trinajstić information content (AvgIpc) is 2.75. The third kappa shape index (κ3) is 2.20. The number of aliphatic hydroxyl groups excluding tert-OH is 1. The van der Waals surface area contributed by atoms with Crippen LogP contribution in [0.15, 0.2) is 34.6 Å². The molecule has 0 saturated heterocycles. The molecular weight excluding hydrogens is 308 g/mol. The maximum Gasteiger partial charge on any atom is 0.407 e. The summed E-state index contributed by atoms with van der Waals surface area (Å²) in [6, 6.07) is 0. The number of likely N-dealkylation sites (N-methyl/N-ethyl adjacent to an activating group) is 1. The molecule has 6 nitrogen and oxygen atoms in total. The summed E-state index contributed by atoms with van der Waals surface area (Å²) in [6.07, 6.45) is 2.24. The van der Waals surface area contributed by atoms with E-state index < -0.39 is 18.3 Å². The highest BCUT2D eigenvalue weighted by Crippen LogP contribution is 2.54. The second-order valence-corrected chi connectivity index (χ2v) is 7.08.